The number of amides is 1. The standard InChI is InChI=1S/C9H7Br2NO3/c1-15-8-4(11)2-3(10)6-5(8)7(13)9(14)12-6/h2,7,13H,1H3,(H,12,14). The van der Waals surface area contributed by atoms with E-state index in [9.17, 15) is 9.90 Å². The van der Waals surface area contributed by atoms with Crippen molar-refractivity contribution in [1.29, 1.82) is 0 Å². The van der Waals surface area contributed by atoms with Crippen LogP contribution in [-0.4, -0.2) is 18.1 Å². The van der Waals surface area contributed by atoms with Crippen LogP contribution in [0.2, 0.25) is 0 Å². The largest absolute Gasteiger partial charge is 0.495 e. The third-order valence-corrected chi connectivity index (χ3v) is 3.41. The van der Waals surface area contributed by atoms with Gasteiger partial charge in [0.05, 0.1) is 22.8 Å². The Morgan fingerprint density at radius 2 is 2.13 bits per heavy atom. The number of benzene rings is 1. The van der Waals surface area contributed by atoms with Gasteiger partial charge in [-0.2, -0.15) is 0 Å². The van der Waals surface area contributed by atoms with Gasteiger partial charge in [0.25, 0.3) is 5.91 Å². The van der Waals surface area contributed by atoms with Crippen LogP contribution in [-0.2, 0) is 4.79 Å². The van der Waals surface area contributed by atoms with Gasteiger partial charge in [0, 0.05) is 4.47 Å². The molecule has 0 saturated heterocycles. The molecular weight excluding hydrogens is 330 g/mol. The summed E-state index contributed by atoms with van der Waals surface area (Å²) in [6.07, 6.45) is -1.18. The minimum absolute atomic E-state index is 0.442. The van der Waals surface area contributed by atoms with Crippen molar-refractivity contribution >= 4 is 43.5 Å². The highest BCUT2D eigenvalue weighted by molar-refractivity contribution is 9.11. The minimum Gasteiger partial charge on any atom is -0.495 e. The number of halogens is 2. The highest BCUT2D eigenvalue weighted by atomic mass is 79.9. The third kappa shape index (κ3) is 1.56. The maximum atomic E-state index is 11.3. The average molecular weight is 337 g/mol. The van der Waals surface area contributed by atoms with Crippen LogP contribution in [0.15, 0.2) is 15.0 Å². The first-order valence-corrected chi connectivity index (χ1v) is 5.69. The molecule has 0 aromatic heterocycles. The van der Waals surface area contributed by atoms with Crippen molar-refractivity contribution in [2.45, 2.75) is 6.10 Å². The zero-order valence-corrected chi connectivity index (χ0v) is 10.8. The summed E-state index contributed by atoms with van der Waals surface area (Å²) in [6, 6.07) is 1.76. The molecule has 6 heteroatoms. The smallest absolute Gasteiger partial charge is 0.258 e. The fraction of sp³-hybridized carbons (Fsp3) is 0.222. The van der Waals surface area contributed by atoms with Gasteiger partial charge in [0.2, 0.25) is 0 Å². The molecule has 0 radical (unpaired) electrons. The number of ether oxygens (including phenoxy) is 1. The van der Waals surface area contributed by atoms with E-state index in [1.54, 1.807) is 6.07 Å². The van der Waals surface area contributed by atoms with Gasteiger partial charge in [-0.05, 0) is 37.9 Å². The van der Waals surface area contributed by atoms with E-state index < -0.39 is 12.0 Å². The normalized spacial score (nSPS) is 18.7. The number of hydrogen-bond donors (Lipinski definition) is 2. The number of anilines is 1. The zero-order chi connectivity index (χ0) is 11.2. The Hall–Kier alpha value is -0.590. The molecule has 0 fully saturated rings. The Labute approximate surface area is 103 Å². The molecule has 1 aliphatic heterocycles. The lowest BCUT2D eigenvalue weighted by Gasteiger charge is -2.11. The lowest BCUT2D eigenvalue weighted by atomic mass is 10.1. The molecule has 1 aromatic carbocycles. The molecule has 80 valence electrons. The van der Waals surface area contributed by atoms with E-state index >= 15 is 0 Å². The van der Waals surface area contributed by atoms with Crippen LogP contribution >= 0.6 is 31.9 Å². The monoisotopic (exact) mass is 335 g/mol. The molecule has 0 bridgehead atoms. The highest BCUT2D eigenvalue weighted by Gasteiger charge is 2.34. The topological polar surface area (TPSA) is 58.6 Å². The summed E-state index contributed by atoms with van der Waals surface area (Å²) in [5.41, 5.74) is 1.02. The fourth-order valence-electron chi connectivity index (χ4n) is 1.54. The molecule has 2 rings (SSSR count). The van der Waals surface area contributed by atoms with Gasteiger partial charge >= 0.3 is 0 Å². The highest BCUT2D eigenvalue weighted by Crippen LogP contribution is 2.46. The summed E-state index contributed by atoms with van der Waals surface area (Å²) in [7, 11) is 1.49. The molecule has 15 heavy (non-hydrogen) atoms. The molecule has 0 saturated carbocycles. The Balaban J connectivity index is 2.72. The van der Waals surface area contributed by atoms with E-state index in [4.69, 9.17) is 4.74 Å². The van der Waals surface area contributed by atoms with Crippen molar-refractivity contribution < 1.29 is 14.6 Å². The van der Waals surface area contributed by atoms with Gasteiger partial charge in [-0.3, -0.25) is 4.79 Å². The maximum absolute atomic E-state index is 11.3. The second kappa shape index (κ2) is 3.77. The van der Waals surface area contributed by atoms with E-state index in [-0.39, 0.29) is 0 Å². The van der Waals surface area contributed by atoms with Gasteiger partial charge < -0.3 is 15.2 Å². The Bertz CT molecular complexity index is 447. The molecule has 4 nitrogen and oxygen atoms in total. The summed E-state index contributed by atoms with van der Waals surface area (Å²) in [4.78, 5) is 11.3. The van der Waals surface area contributed by atoms with E-state index in [0.29, 0.717) is 25.9 Å². The van der Waals surface area contributed by atoms with Crippen molar-refractivity contribution in [3.05, 3.63) is 20.6 Å². The maximum Gasteiger partial charge on any atom is 0.258 e. The van der Waals surface area contributed by atoms with Gasteiger partial charge in [-0.1, -0.05) is 0 Å². The number of aliphatic hydroxyl groups is 1. The van der Waals surface area contributed by atoms with Crippen molar-refractivity contribution in [2.24, 2.45) is 0 Å². The molecule has 1 unspecified atom stereocenters. The zero-order valence-electron chi connectivity index (χ0n) is 7.67. The number of hydrogen-bond acceptors (Lipinski definition) is 3. The molecule has 0 spiro atoms. The average Bonchev–Trinajstić information content (AvgIpc) is 2.46. The minimum atomic E-state index is -1.18. The molecule has 1 aromatic rings. The first-order valence-electron chi connectivity index (χ1n) is 4.11. The summed E-state index contributed by atoms with van der Waals surface area (Å²) < 4.78 is 6.53. The number of aliphatic hydroxyl groups excluding tert-OH is 1. The second-order valence-corrected chi connectivity index (χ2v) is 4.76. The number of rotatable bonds is 1. The van der Waals surface area contributed by atoms with Crippen LogP contribution in [0.25, 0.3) is 0 Å². The van der Waals surface area contributed by atoms with Crippen LogP contribution in [0.4, 0.5) is 5.69 Å². The van der Waals surface area contributed by atoms with E-state index in [2.05, 4.69) is 37.2 Å². The van der Waals surface area contributed by atoms with Gasteiger partial charge in [0.15, 0.2) is 6.10 Å². The summed E-state index contributed by atoms with van der Waals surface area (Å²) >= 11 is 6.61. The lowest BCUT2D eigenvalue weighted by Crippen LogP contribution is -2.11. The van der Waals surface area contributed by atoms with E-state index in [0.717, 1.165) is 0 Å². The molecule has 1 heterocycles. The number of carbonyl (C=O) groups is 1. The lowest BCUT2D eigenvalue weighted by molar-refractivity contribution is -0.123. The first-order chi connectivity index (χ1) is 7.06. The van der Waals surface area contributed by atoms with E-state index in [1.807, 2.05) is 0 Å². The van der Waals surface area contributed by atoms with Crippen LogP contribution in [0.1, 0.15) is 11.7 Å². The SMILES string of the molecule is COc1c(Br)cc(Br)c2c1C(O)C(=O)N2. The molecule has 2 N–H and O–H groups in total. The molecule has 1 atom stereocenters. The quantitative estimate of drug-likeness (QED) is 0.826. The molecular formula is C9H7Br2NO3. The summed E-state index contributed by atoms with van der Waals surface area (Å²) in [5.74, 6) is 0.0288. The molecule has 0 aliphatic carbocycles. The third-order valence-electron chi connectivity index (χ3n) is 2.20. The number of fused-ring (bicyclic) bond motifs is 1. The Morgan fingerprint density at radius 3 is 2.73 bits per heavy atom. The Kier molecular flexibility index (Phi) is 2.74. The summed E-state index contributed by atoms with van der Waals surface area (Å²) in [6.45, 7) is 0. The molecule has 1 amide bonds. The predicted molar refractivity (Wildman–Crippen MR) is 62.0 cm³/mol. The van der Waals surface area contributed by atoms with Gasteiger partial charge in [-0.25, -0.2) is 0 Å². The van der Waals surface area contributed by atoms with Crippen molar-refractivity contribution in [1.82, 2.24) is 0 Å². The van der Waals surface area contributed by atoms with Crippen LogP contribution in [0, 0.1) is 0 Å². The number of methoxy groups -OCH3 is 1. The molecule has 1 aliphatic rings. The number of nitrogens with one attached hydrogen (secondary N) is 1. The Morgan fingerprint density at radius 1 is 1.47 bits per heavy atom. The van der Waals surface area contributed by atoms with Crippen molar-refractivity contribution in [2.75, 3.05) is 12.4 Å². The first kappa shape index (κ1) is 10.9. The van der Waals surface area contributed by atoms with Crippen LogP contribution < -0.4 is 10.1 Å². The second-order valence-electron chi connectivity index (χ2n) is 3.05. The predicted octanol–water partition coefficient (Wildman–Crippen LogP) is 2.21. The summed E-state index contributed by atoms with van der Waals surface area (Å²) in [5, 5.41) is 12.3. The van der Waals surface area contributed by atoms with Crippen molar-refractivity contribution in [3.8, 4) is 5.75 Å². The van der Waals surface area contributed by atoms with Gasteiger partial charge in [-0.15, -0.1) is 0 Å². The van der Waals surface area contributed by atoms with Crippen LogP contribution in [0.3, 0.4) is 0 Å². The fourth-order valence-corrected chi connectivity index (χ4v) is 2.99. The number of carbonyl (C=O) groups excluding carboxylic acids is 1. The van der Waals surface area contributed by atoms with Crippen molar-refractivity contribution in [3.63, 3.8) is 0 Å². The van der Waals surface area contributed by atoms with Gasteiger partial charge in [0.1, 0.15) is 5.75 Å². The van der Waals surface area contributed by atoms with E-state index in [1.165, 1.54) is 7.11 Å². The van der Waals surface area contributed by atoms with Crippen LogP contribution in [0.5, 0.6) is 5.75 Å².